The molecule has 1 aliphatic rings. The lowest BCUT2D eigenvalue weighted by Gasteiger charge is -2.43. The predicted molar refractivity (Wildman–Crippen MR) is 72.8 cm³/mol. The van der Waals surface area contributed by atoms with Crippen LogP contribution < -0.4 is 0 Å². The fraction of sp³-hybridized carbons (Fsp3) is 0.600. The van der Waals surface area contributed by atoms with Gasteiger partial charge in [-0.1, -0.05) is 41.5 Å². The van der Waals surface area contributed by atoms with Crippen LogP contribution in [0.5, 0.6) is 0 Å². The highest BCUT2D eigenvalue weighted by Crippen LogP contribution is 2.67. The molecular formula is C15H22O4. The Morgan fingerprint density at radius 2 is 1.05 bits per heavy atom. The van der Waals surface area contributed by atoms with E-state index >= 15 is 0 Å². The van der Waals surface area contributed by atoms with Crippen molar-refractivity contribution in [3.63, 3.8) is 0 Å². The van der Waals surface area contributed by atoms with Crippen LogP contribution in [0.3, 0.4) is 0 Å². The molecular weight excluding hydrogens is 244 g/mol. The number of rotatable bonds is 2. The minimum Gasteiger partial charge on any atom is -0.478 e. The van der Waals surface area contributed by atoms with Gasteiger partial charge in [-0.2, -0.15) is 0 Å². The number of carbonyl (C=O) groups is 2. The summed E-state index contributed by atoms with van der Waals surface area (Å²) in [5, 5.41) is 18.1. The Morgan fingerprint density at radius 1 is 0.789 bits per heavy atom. The Balaban J connectivity index is 3.68. The van der Waals surface area contributed by atoms with E-state index in [1.54, 1.807) is 0 Å². The summed E-state index contributed by atoms with van der Waals surface area (Å²) in [6, 6.07) is 0. The van der Waals surface area contributed by atoms with Gasteiger partial charge in [-0.05, 0) is 27.4 Å². The van der Waals surface area contributed by atoms with Crippen LogP contribution in [0.15, 0.2) is 23.3 Å². The number of carboxylic acid groups (broad SMARTS) is 2. The quantitative estimate of drug-likeness (QED) is 0.753. The molecule has 0 spiro atoms. The fourth-order valence-corrected chi connectivity index (χ4v) is 2.89. The van der Waals surface area contributed by atoms with Crippen LogP contribution in [0.25, 0.3) is 0 Å². The molecule has 0 atom stereocenters. The molecule has 1 aliphatic carbocycles. The summed E-state index contributed by atoms with van der Waals surface area (Å²) in [5.41, 5.74) is 0.0874. The first-order valence-corrected chi connectivity index (χ1v) is 6.26. The minimum atomic E-state index is -1.05. The molecule has 1 fully saturated rings. The Bertz CT molecular complexity index is 446. The van der Waals surface area contributed by atoms with Crippen molar-refractivity contribution >= 4 is 11.9 Å². The monoisotopic (exact) mass is 266 g/mol. The van der Waals surface area contributed by atoms with Gasteiger partial charge in [0, 0.05) is 12.2 Å². The first-order chi connectivity index (χ1) is 8.35. The number of aliphatic carboxylic acids is 2. The third-order valence-corrected chi connectivity index (χ3v) is 5.30. The molecule has 0 saturated heterocycles. The number of carboxylic acids is 2. The van der Waals surface area contributed by atoms with E-state index in [1.165, 1.54) is 0 Å². The van der Waals surface area contributed by atoms with Gasteiger partial charge in [0.05, 0.1) is 0 Å². The van der Waals surface area contributed by atoms with Crippen molar-refractivity contribution in [3.8, 4) is 0 Å². The molecule has 2 N–H and O–H groups in total. The molecule has 0 heterocycles. The van der Waals surface area contributed by atoms with Crippen LogP contribution in [0.2, 0.25) is 0 Å². The second-order valence-electron chi connectivity index (χ2n) is 6.67. The highest BCUT2D eigenvalue weighted by atomic mass is 16.4. The standard InChI is InChI=1S/C15H22O4/c1-13(2)9(7-11(16)17)10(8-12(18)19)14(3,4)15(13,5)6/h7-8H,1-6H3,(H,16,17)(H,18,19)/b9-7+,10-8+. The zero-order valence-corrected chi connectivity index (χ0v) is 12.4. The summed E-state index contributed by atoms with van der Waals surface area (Å²) >= 11 is 0. The van der Waals surface area contributed by atoms with Crippen molar-refractivity contribution in [2.24, 2.45) is 16.2 Å². The molecule has 0 unspecified atom stereocenters. The lowest BCUT2D eigenvalue weighted by atomic mass is 9.60. The van der Waals surface area contributed by atoms with E-state index in [9.17, 15) is 9.59 Å². The molecule has 0 bridgehead atoms. The Morgan fingerprint density at radius 3 is 1.26 bits per heavy atom. The molecule has 19 heavy (non-hydrogen) atoms. The van der Waals surface area contributed by atoms with Crippen LogP contribution in [0.4, 0.5) is 0 Å². The number of hydrogen-bond acceptors (Lipinski definition) is 2. The Hall–Kier alpha value is -1.58. The summed E-state index contributed by atoms with van der Waals surface area (Å²) in [7, 11) is 0. The second kappa shape index (κ2) is 4.22. The molecule has 0 amide bonds. The van der Waals surface area contributed by atoms with Crippen molar-refractivity contribution < 1.29 is 19.8 Å². The Labute approximate surface area is 113 Å². The van der Waals surface area contributed by atoms with Gasteiger partial charge in [-0.15, -0.1) is 0 Å². The van der Waals surface area contributed by atoms with Gasteiger partial charge in [0.2, 0.25) is 0 Å². The number of hydrogen-bond donors (Lipinski definition) is 2. The maximum atomic E-state index is 11.0. The first-order valence-electron chi connectivity index (χ1n) is 6.26. The average Bonchev–Trinajstić information content (AvgIpc) is 2.28. The molecule has 0 aliphatic heterocycles. The summed E-state index contributed by atoms with van der Waals surface area (Å²) in [6.07, 6.45) is 2.29. The van der Waals surface area contributed by atoms with Crippen molar-refractivity contribution in [2.75, 3.05) is 0 Å². The van der Waals surface area contributed by atoms with E-state index in [4.69, 9.17) is 10.2 Å². The van der Waals surface area contributed by atoms with Crippen molar-refractivity contribution in [3.05, 3.63) is 23.3 Å². The number of allylic oxidation sites excluding steroid dienone is 2. The van der Waals surface area contributed by atoms with Gasteiger partial charge < -0.3 is 10.2 Å². The fourth-order valence-electron chi connectivity index (χ4n) is 2.89. The normalized spacial score (nSPS) is 27.7. The van der Waals surface area contributed by atoms with Crippen molar-refractivity contribution in [1.29, 1.82) is 0 Å². The van der Waals surface area contributed by atoms with E-state index in [0.717, 1.165) is 12.2 Å². The highest BCUT2D eigenvalue weighted by molar-refractivity contribution is 5.86. The smallest absolute Gasteiger partial charge is 0.328 e. The molecule has 4 nitrogen and oxygen atoms in total. The zero-order chi connectivity index (χ0) is 15.2. The molecule has 4 heteroatoms. The van der Waals surface area contributed by atoms with Crippen molar-refractivity contribution in [1.82, 2.24) is 0 Å². The molecule has 0 aromatic rings. The van der Waals surface area contributed by atoms with E-state index in [2.05, 4.69) is 0 Å². The lowest BCUT2D eigenvalue weighted by Crippen LogP contribution is -2.37. The topological polar surface area (TPSA) is 74.6 Å². The van der Waals surface area contributed by atoms with E-state index < -0.39 is 22.8 Å². The zero-order valence-electron chi connectivity index (χ0n) is 12.4. The maximum Gasteiger partial charge on any atom is 0.328 e. The molecule has 0 aromatic carbocycles. The largest absolute Gasteiger partial charge is 0.478 e. The SMILES string of the molecule is CC1(C)C(=C/C(=O)O)/C(=C\C(=O)O)C(C)(C)C1(C)C. The molecule has 1 saturated carbocycles. The van der Waals surface area contributed by atoms with Crippen LogP contribution >= 0.6 is 0 Å². The highest BCUT2D eigenvalue weighted by Gasteiger charge is 2.59. The average molecular weight is 266 g/mol. The van der Waals surface area contributed by atoms with Gasteiger partial charge in [0.25, 0.3) is 0 Å². The van der Waals surface area contributed by atoms with Gasteiger partial charge in [0.15, 0.2) is 0 Å². The van der Waals surface area contributed by atoms with E-state index in [1.807, 2.05) is 41.5 Å². The van der Waals surface area contributed by atoms with E-state index in [0.29, 0.717) is 11.1 Å². The van der Waals surface area contributed by atoms with Gasteiger partial charge in [-0.25, -0.2) is 9.59 Å². The van der Waals surface area contributed by atoms with Crippen LogP contribution in [0, 0.1) is 16.2 Å². The van der Waals surface area contributed by atoms with Crippen LogP contribution in [-0.2, 0) is 9.59 Å². The minimum absolute atomic E-state index is 0.261. The van der Waals surface area contributed by atoms with Gasteiger partial charge in [0.1, 0.15) is 0 Å². The maximum absolute atomic E-state index is 11.0. The van der Waals surface area contributed by atoms with Gasteiger partial charge in [-0.3, -0.25) is 0 Å². The lowest BCUT2D eigenvalue weighted by molar-refractivity contribution is -0.132. The summed E-state index contributed by atoms with van der Waals surface area (Å²) < 4.78 is 0. The third kappa shape index (κ3) is 2.09. The van der Waals surface area contributed by atoms with E-state index in [-0.39, 0.29) is 5.41 Å². The first kappa shape index (κ1) is 15.5. The molecule has 1 rings (SSSR count). The molecule has 0 aromatic heterocycles. The summed E-state index contributed by atoms with van der Waals surface area (Å²) in [6.45, 7) is 12.0. The molecule has 106 valence electrons. The van der Waals surface area contributed by atoms with Crippen molar-refractivity contribution in [2.45, 2.75) is 41.5 Å². The summed E-state index contributed by atoms with van der Waals surface area (Å²) in [5.74, 6) is -2.10. The van der Waals surface area contributed by atoms with Crippen LogP contribution in [0.1, 0.15) is 41.5 Å². The molecule has 0 radical (unpaired) electrons. The predicted octanol–water partition coefficient (Wildman–Crippen LogP) is 3.10. The van der Waals surface area contributed by atoms with Crippen LogP contribution in [-0.4, -0.2) is 22.2 Å². The Kier molecular flexibility index (Phi) is 3.44. The second-order valence-corrected chi connectivity index (χ2v) is 6.67. The van der Waals surface area contributed by atoms with Gasteiger partial charge >= 0.3 is 11.9 Å². The third-order valence-electron chi connectivity index (χ3n) is 5.30. The summed E-state index contributed by atoms with van der Waals surface area (Å²) in [4.78, 5) is 22.1.